The molecule has 0 bridgehead atoms. The molecule has 1 amide bonds. The lowest BCUT2D eigenvalue weighted by molar-refractivity contribution is -0.130. The van der Waals surface area contributed by atoms with Gasteiger partial charge in [-0.2, -0.15) is 0 Å². The third-order valence-corrected chi connectivity index (χ3v) is 2.77. The van der Waals surface area contributed by atoms with Crippen LogP contribution in [0.15, 0.2) is 0 Å². The van der Waals surface area contributed by atoms with Gasteiger partial charge < -0.3 is 15.7 Å². The Bertz CT molecular complexity index is 185. The Morgan fingerprint density at radius 2 is 2.36 bits per heavy atom. The summed E-state index contributed by atoms with van der Waals surface area (Å²) in [5, 5.41) is 8.77. The van der Waals surface area contributed by atoms with E-state index in [2.05, 4.69) is 0 Å². The third-order valence-electron chi connectivity index (χ3n) is 2.77. The van der Waals surface area contributed by atoms with Gasteiger partial charge >= 0.3 is 0 Å². The van der Waals surface area contributed by atoms with Crippen LogP contribution in [0.3, 0.4) is 0 Å². The molecule has 1 rings (SSSR count). The molecule has 0 aromatic carbocycles. The lowest BCUT2D eigenvalue weighted by atomic mass is 10.1. The minimum Gasteiger partial charge on any atom is -0.396 e. The SMILES string of the molecule is NCCCC(=O)N1CCC(CCO)C1. The lowest BCUT2D eigenvalue weighted by Gasteiger charge is -2.15. The summed E-state index contributed by atoms with van der Waals surface area (Å²) in [7, 11) is 0. The number of aliphatic hydroxyl groups excluding tert-OH is 1. The molecule has 14 heavy (non-hydrogen) atoms. The van der Waals surface area contributed by atoms with Gasteiger partial charge in [-0.25, -0.2) is 0 Å². The van der Waals surface area contributed by atoms with Gasteiger partial charge in [0.15, 0.2) is 0 Å². The van der Waals surface area contributed by atoms with Crippen LogP contribution in [-0.2, 0) is 4.79 Å². The van der Waals surface area contributed by atoms with Crippen molar-refractivity contribution in [3.8, 4) is 0 Å². The average molecular weight is 200 g/mol. The molecule has 3 N–H and O–H groups in total. The van der Waals surface area contributed by atoms with Crippen LogP contribution in [0.25, 0.3) is 0 Å². The lowest BCUT2D eigenvalue weighted by Crippen LogP contribution is -2.29. The molecule has 1 saturated heterocycles. The largest absolute Gasteiger partial charge is 0.396 e. The Labute approximate surface area is 85.1 Å². The maximum absolute atomic E-state index is 11.6. The summed E-state index contributed by atoms with van der Waals surface area (Å²) in [6.07, 6.45) is 3.21. The molecule has 0 aromatic rings. The number of nitrogens with zero attached hydrogens (tertiary/aromatic N) is 1. The highest BCUT2D eigenvalue weighted by Gasteiger charge is 2.24. The number of carbonyl (C=O) groups excluding carboxylic acids is 1. The van der Waals surface area contributed by atoms with Crippen molar-refractivity contribution >= 4 is 5.91 Å². The summed E-state index contributed by atoms with van der Waals surface area (Å²) < 4.78 is 0. The summed E-state index contributed by atoms with van der Waals surface area (Å²) >= 11 is 0. The number of nitrogens with two attached hydrogens (primary N) is 1. The molecule has 1 aliphatic heterocycles. The van der Waals surface area contributed by atoms with Gasteiger partial charge in [-0.05, 0) is 31.7 Å². The average Bonchev–Trinajstić information content (AvgIpc) is 2.63. The topological polar surface area (TPSA) is 66.6 Å². The highest BCUT2D eigenvalue weighted by atomic mass is 16.3. The molecule has 1 aliphatic rings. The number of hydrogen-bond acceptors (Lipinski definition) is 3. The zero-order valence-corrected chi connectivity index (χ0v) is 8.61. The van der Waals surface area contributed by atoms with Gasteiger partial charge in [-0.1, -0.05) is 0 Å². The van der Waals surface area contributed by atoms with E-state index in [1.807, 2.05) is 4.90 Å². The third kappa shape index (κ3) is 3.27. The van der Waals surface area contributed by atoms with Crippen LogP contribution in [0.5, 0.6) is 0 Å². The number of aliphatic hydroxyl groups is 1. The zero-order chi connectivity index (χ0) is 10.4. The Morgan fingerprint density at radius 3 is 3.00 bits per heavy atom. The van der Waals surface area contributed by atoms with Crippen molar-refractivity contribution in [2.75, 3.05) is 26.2 Å². The fraction of sp³-hybridized carbons (Fsp3) is 0.900. The molecular formula is C10H20N2O2. The van der Waals surface area contributed by atoms with Crippen molar-refractivity contribution in [1.82, 2.24) is 4.90 Å². The maximum atomic E-state index is 11.6. The second-order valence-corrected chi connectivity index (χ2v) is 3.90. The zero-order valence-electron chi connectivity index (χ0n) is 8.61. The van der Waals surface area contributed by atoms with Gasteiger partial charge in [0, 0.05) is 26.1 Å². The number of likely N-dealkylation sites (tertiary alicyclic amines) is 1. The Balaban J connectivity index is 2.23. The van der Waals surface area contributed by atoms with Gasteiger partial charge in [0.25, 0.3) is 0 Å². The fourth-order valence-corrected chi connectivity index (χ4v) is 1.89. The van der Waals surface area contributed by atoms with E-state index in [4.69, 9.17) is 10.8 Å². The van der Waals surface area contributed by atoms with Crippen LogP contribution in [0, 0.1) is 5.92 Å². The van der Waals surface area contributed by atoms with Gasteiger partial charge in [0.1, 0.15) is 0 Å². The van der Waals surface area contributed by atoms with Crippen molar-refractivity contribution < 1.29 is 9.90 Å². The van der Waals surface area contributed by atoms with Crippen LogP contribution in [0.1, 0.15) is 25.7 Å². The van der Waals surface area contributed by atoms with E-state index in [-0.39, 0.29) is 12.5 Å². The minimum absolute atomic E-state index is 0.218. The molecule has 0 radical (unpaired) electrons. The molecule has 0 aliphatic carbocycles. The van der Waals surface area contributed by atoms with E-state index < -0.39 is 0 Å². The molecule has 0 spiro atoms. The first-order valence-corrected chi connectivity index (χ1v) is 5.36. The first-order valence-electron chi connectivity index (χ1n) is 5.36. The highest BCUT2D eigenvalue weighted by molar-refractivity contribution is 5.76. The van der Waals surface area contributed by atoms with Gasteiger partial charge in [0.2, 0.25) is 5.91 Å². The molecule has 0 aromatic heterocycles. The smallest absolute Gasteiger partial charge is 0.222 e. The predicted octanol–water partition coefficient (Wildman–Crippen LogP) is -0.0438. The molecule has 1 heterocycles. The van der Waals surface area contributed by atoms with Crippen LogP contribution in [-0.4, -0.2) is 42.2 Å². The Kier molecular flexibility index (Phi) is 4.90. The van der Waals surface area contributed by atoms with Crippen molar-refractivity contribution in [3.05, 3.63) is 0 Å². The molecule has 1 atom stereocenters. The first kappa shape index (κ1) is 11.5. The molecule has 1 unspecified atom stereocenters. The predicted molar refractivity (Wildman–Crippen MR) is 54.7 cm³/mol. The Morgan fingerprint density at radius 1 is 1.57 bits per heavy atom. The monoisotopic (exact) mass is 200 g/mol. The van der Waals surface area contributed by atoms with Crippen LogP contribution in [0.2, 0.25) is 0 Å². The van der Waals surface area contributed by atoms with Crippen molar-refractivity contribution in [3.63, 3.8) is 0 Å². The van der Waals surface area contributed by atoms with E-state index in [0.29, 0.717) is 18.9 Å². The molecule has 1 fully saturated rings. The van der Waals surface area contributed by atoms with E-state index in [1.54, 1.807) is 0 Å². The van der Waals surface area contributed by atoms with Crippen LogP contribution < -0.4 is 5.73 Å². The summed E-state index contributed by atoms with van der Waals surface area (Å²) in [4.78, 5) is 13.5. The number of amides is 1. The van der Waals surface area contributed by atoms with Crippen molar-refractivity contribution in [2.45, 2.75) is 25.7 Å². The number of carbonyl (C=O) groups is 1. The summed E-state index contributed by atoms with van der Waals surface area (Å²) in [5.41, 5.74) is 5.35. The van der Waals surface area contributed by atoms with E-state index in [9.17, 15) is 4.79 Å². The van der Waals surface area contributed by atoms with Crippen LogP contribution in [0.4, 0.5) is 0 Å². The van der Waals surface area contributed by atoms with Crippen molar-refractivity contribution in [1.29, 1.82) is 0 Å². The number of rotatable bonds is 5. The molecule has 0 saturated carbocycles. The van der Waals surface area contributed by atoms with Crippen molar-refractivity contribution in [2.24, 2.45) is 11.7 Å². The van der Waals surface area contributed by atoms with E-state index in [0.717, 1.165) is 32.4 Å². The number of hydrogen-bond donors (Lipinski definition) is 2. The fourth-order valence-electron chi connectivity index (χ4n) is 1.89. The second kappa shape index (κ2) is 5.98. The maximum Gasteiger partial charge on any atom is 0.222 e. The minimum atomic E-state index is 0.218. The van der Waals surface area contributed by atoms with Crippen LogP contribution >= 0.6 is 0 Å². The quantitative estimate of drug-likeness (QED) is 0.654. The van der Waals surface area contributed by atoms with Gasteiger partial charge in [-0.15, -0.1) is 0 Å². The summed E-state index contributed by atoms with van der Waals surface area (Å²) in [6, 6.07) is 0. The highest BCUT2D eigenvalue weighted by Crippen LogP contribution is 2.19. The van der Waals surface area contributed by atoms with E-state index in [1.165, 1.54) is 0 Å². The normalized spacial score (nSPS) is 21.6. The van der Waals surface area contributed by atoms with Gasteiger partial charge in [0.05, 0.1) is 0 Å². The Hall–Kier alpha value is -0.610. The molecule has 4 nitrogen and oxygen atoms in total. The second-order valence-electron chi connectivity index (χ2n) is 3.90. The summed E-state index contributed by atoms with van der Waals surface area (Å²) in [6.45, 7) is 2.49. The molecular weight excluding hydrogens is 180 g/mol. The first-order chi connectivity index (χ1) is 6.77. The van der Waals surface area contributed by atoms with E-state index >= 15 is 0 Å². The van der Waals surface area contributed by atoms with Gasteiger partial charge in [-0.3, -0.25) is 4.79 Å². The standard InChI is InChI=1S/C10H20N2O2/c11-5-1-2-10(14)12-6-3-9(8-12)4-7-13/h9,13H,1-8,11H2. The summed E-state index contributed by atoms with van der Waals surface area (Å²) in [5.74, 6) is 0.720. The molecule has 4 heteroatoms. The molecule has 82 valence electrons.